The summed E-state index contributed by atoms with van der Waals surface area (Å²) in [5.41, 5.74) is 2.78. The van der Waals surface area contributed by atoms with E-state index < -0.39 is 0 Å². The quantitative estimate of drug-likeness (QED) is 0.707. The third kappa shape index (κ3) is 1.26. The second-order valence-electron chi connectivity index (χ2n) is 3.87. The number of benzene rings is 1. The van der Waals surface area contributed by atoms with Gasteiger partial charge in [-0.05, 0) is 24.1 Å². The molecule has 1 aromatic rings. The van der Waals surface area contributed by atoms with Gasteiger partial charge in [0.1, 0.15) is 5.60 Å². The zero-order valence-corrected chi connectivity index (χ0v) is 8.77. The molecule has 2 nitrogen and oxygen atoms in total. The van der Waals surface area contributed by atoms with Crippen molar-refractivity contribution in [3.63, 3.8) is 0 Å². The highest BCUT2D eigenvalue weighted by Crippen LogP contribution is 2.40. The molecule has 1 atom stereocenters. The molecule has 2 aliphatic rings. The topological polar surface area (TPSA) is 21.3 Å². The van der Waals surface area contributed by atoms with Gasteiger partial charge in [0, 0.05) is 6.54 Å². The van der Waals surface area contributed by atoms with Crippen molar-refractivity contribution in [3.8, 4) is 0 Å². The summed E-state index contributed by atoms with van der Waals surface area (Å²) in [6.45, 7) is 2.84. The lowest BCUT2D eigenvalue weighted by atomic mass is 9.92. The van der Waals surface area contributed by atoms with Crippen LogP contribution in [0.4, 0.5) is 0 Å². The van der Waals surface area contributed by atoms with Gasteiger partial charge in [-0.1, -0.05) is 24.3 Å². The second kappa shape index (κ2) is 3.54. The van der Waals surface area contributed by atoms with Gasteiger partial charge in [-0.2, -0.15) is 0 Å². The Morgan fingerprint density at radius 1 is 1.29 bits per heavy atom. The molecule has 76 valence electrons. The first-order chi connectivity index (χ1) is 6.41. The first-order valence-electron chi connectivity index (χ1n) is 4.84. The molecule has 0 aliphatic carbocycles. The van der Waals surface area contributed by atoms with Gasteiger partial charge in [0.05, 0.1) is 6.61 Å². The maximum atomic E-state index is 5.91. The van der Waals surface area contributed by atoms with E-state index in [4.69, 9.17) is 4.74 Å². The van der Waals surface area contributed by atoms with E-state index in [1.165, 1.54) is 11.1 Å². The molecule has 1 fully saturated rings. The summed E-state index contributed by atoms with van der Waals surface area (Å²) in [5.74, 6) is 0. The number of nitrogens with one attached hydrogen (secondary N) is 1. The zero-order chi connectivity index (χ0) is 8.73. The predicted octanol–water partition coefficient (Wildman–Crippen LogP) is 1.83. The van der Waals surface area contributed by atoms with Crippen LogP contribution in [0.5, 0.6) is 0 Å². The summed E-state index contributed by atoms with van der Waals surface area (Å²) < 4.78 is 5.91. The van der Waals surface area contributed by atoms with Crippen LogP contribution >= 0.6 is 12.4 Å². The SMILES string of the molecule is Cl.c1ccc2c(c1)COC21CCNC1. The zero-order valence-electron chi connectivity index (χ0n) is 7.95. The summed E-state index contributed by atoms with van der Waals surface area (Å²) in [7, 11) is 0. The van der Waals surface area contributed by atoms with Crippen LogP contribution in [0.1, 0.15) is 17.5 Å². The highest BCUT2D eigenvalue weighted by atomic mass is 35.5. The highest BCUT2D eigenvalue weighted by molar-refractivity contribution is 5.85. The fourth-order valence-electron chi connectivity index (χ4n) is 2.41. The number of hydrogen-bond donors (Lipinski definition) is 1. The van der Waals surface area contributed by atoms with Gasteiger partial charge in [0.2, 0.25) is 0 Å². The van der Waals surface area contributed by atoms with Crippen molar-refractivity contribution in [1.82, 2.24) is 5.32 Å². The molecule has 2 heterocycles. The van der Waals surface area contributed by atoms with Crippen molar-refractivity contribution in [1.29, 1.82) is 0 Å². The summed E-state index contributed by atoms with van der Waals surface area (Å²) in [4.78, 5) is 0. The van der Waals surface area contributed by atoms with E-state index in [0.29, 0.717) is 0 Å². The molecule has 2 aliphatic heterocycles. The Morgan fingerprint density at radius 2 is 2.14 bits per heavy atom. The molecule has 0 aromatic heterocycles. The van der Waals surface area contributed by atoms with Crippen molar-refractivity contribution in [2.45, 2.75) is 18.6 Å². The Hall–Kier alpha value is -0.570. The second-order valence-corrected chi connectivity index (χ2v) is 3.87. The molecule has 0 amide bonds. The smallest absolute Gasteiger partial charge is 0.107 e. The van der Waals surface area contributed by atoms with Crippen LogP contribution in [0.25, 0.3) is 0 Å². The van der Waals surface area contributed by atoms with Crippen molar-refractivity contribution >= 4 is 12.4 Å². The van der Waals surface area contributed by atoms with Crippen molar-refractivity contribution < 1.29 is 4.74 Å². The average molecular weight is 212 g/mol. The van der Waals surface area contributed by atoms with Crippen molar-refractivity contribution in [3.05, 3.63) is 35.4 Å². The Labute approximate surface area is 90.1 Å². The third-order valence-electron chi connectivity index (χ3n) is 3.13. The molecule has 0 bridgehead atoms. The molecule has 1 spiro atoms. The minimum Gasteiger partial charge on any atom is -0.364 e. The lowest BCUT2D eigenvalue weighted by molar-refractivity contribution is -0.0218. The molecule has 1 saturated heterocycles. The minimum absolute atomic E-state index is 0. The standard InChI is InChI=1S/C11H13NO.ClH/c1-2-4-10-9(3-1)7-13-11(10)5-6-12-8-11;/h1-4,12H,5-8H2;1H. The van der Waals surface area contributed by atoms with E-state index in [-0.39, 0.29) is 18.0 Å². The summed E-state index contributed by atoms with van der Waals surface area (Å²) in [6, 6.07) is 8.56. The van der Waals surface area contributed by atoms with Crippen LogP contribution in [0.3, 0.4) is 0 Å². The van der Waals surface area contributed by atoms with Crippen LogP contribution in [0.15, 0.2) is 24.3 Å². The molecule has 0 saturated carbocycles. The number of rotatable bonds is 0. The van der Waals surface area contributed by atoms with E-state index >= 15 is 0 Å². The van der Waals surface area contributed by atoms with Gasteiger partial charge in [-0.3, -0.25) is 0 Å². The highest BCUT2D eigenvalue weighted by Gasteiger charge is 2.41. The fraction of sp³-hybridized carbons (Fsp3) is 0.455. The lowest BCUT2D eigenvalue weighted by Crippen LogP contribution is -2.27. The van der Waals surface area contributed by atoms with Gasteiger partial charge in [-0.25, -0.2) is 0 Å². The van der Waals surface area contributed by atoms with Crippen LogP contribution in [-0.2, 0) is 16.9 Å². The largest absolute Gasteiger partial charge is 0.364 e. The van der Waals surface area contributed by atoms with E-state index in [1.807, 2.05) is 0 Å². The molecule has 1 unspecified atom stereocenters. The van der Waals surface area contributed by atoms with Crippen LogP contribution in [0.2, 0.25) is 0 Å². The Balaban J connectivity index is 0.000000750. The fourth-order valence-corrected chi connectivity index (χ4v) is 2.41. The first kappa shape index (κ1) is 9.97. The van der Waals surface area contributed by atoms with Gasteiger partial charge >= 0.3 is 0 Å². The average Bonchev–Trinajstić information content (AvgIpc) is 2.78. The van der Waals surface area contributed by atoms with Crippen LogP contribution < -0.4 is 5.32 Å². The summed E-state index contributed by atoms with van der Waals surface area (Å²) in [5, 5.41) is 3.37. The van der Waals surface area contributed by atoms with Crippen LogP contribution in [0, 0.1) is 0 Å². The minimum atomic E-state index is 0. The Kier molecular flexibility index (Phi) is 2.52. The molecule has 14 heavy (non-hydrogen) atoms. The molecular weight excluding hydrogens is 198 g/mol. The number of halogens is 1. The Morgan fingerprint density at radius 3 is 2.93 bits per heavy atom. The predicted molar refractivity (Wildman–Crippen MR) is 57.6 cm³/mol. The number of fused-ring (bicyclic) bond motifs is 2. The van der Waals surface area contributed by atoms with E-state index in [9.17, 15) is 0 Å². The molecule has 3 heteroatoms. The van der Waals surface area contributed by atoms with E-state index in [0.717, 1.165) is 26.1 Å². The normalized spacial score (nSPS) is 28.9. The molecular formula is C11H14ClNO. The van der Waals surface area contributed by atoms with Gasteiger partial charge in [0.25, 0.3) is 0 Å². The summed E-state index contributed by atoms with van der Waals surface area (Å²) >= 11 is 0. The van der Waals surface area contributed by atoms with E-state index in [2.05, 4.69) is 29.6 Å². The van der Waals surface area contributed by atoms with Crippen molar-refractivity contribution in [2.75, 3.05) is 13.1 Å². The third-order valence-corrected chi connectivity index (χ3v) is 3.13. The van der Waals surface area contributed by atoms with Gasteiger partial charge in [0.15, 0.2) is 0 Å². The first-order valence-corrected chi connectivity index (χ1v) is 4.84. The van der Waals surface area contributed by atoms with Crippen LogP contribution in [-0.4, -0.2) is 13.1 Å². The number of ether oxygens (including phenoxy) is 1. The lowest BCUT2D eigenvalue weighted by Gasteiger charge is -2.22. The monoisotopic (exact) mass is 211 g/mol. The van der Waals surface area contributed by atoms with Gasteiger partial charge < -0.3 is 10.1 Å². The molecule has 1 aromatic carbocycles. The van der Waals surface area contributed by atoms with Crippen molar-refractivity contribution in [2.24, 2.45) is 0 Å². The molecule has 1 N–H and O–H groups in total. The maximum Gasteiger partial charge on any atom is 0.107 e. The van der Waals surface area contributed by atoms with Gasteiger partial charge in [-0.15, -0.1) is 12.4 Å². The molecule has 0 radical (unpaired) electrons. The van der Waals surface area contributed by atoms with E-state index in [1.54, 1.807) is 0 Å². The Bertz CT molecular complexity index is 334. The summed E-state index contributed by atoms with van der Waals surface area (Å²) in [6.07, 6.45) is 1.12. The number of hydrogen-bond acceptors (Lipinski definition) is 2. The molecule has 3 rings (SSSR count). The maximum absolute atomic E-state index is 5.91.